The van der Waals surface area contributed by atoms with Gasteiger partial charge in [-0.2, -0.15) is 0 Å². The summed E-state index contributed by atoms with van der Waals surface area (Å²) in [6, 6.07) is 7.16. The zero-order valence-electron chi connectivity index (χ0n) is 9.61. The van der Waals surface area contributed by atoms with Crippen LogP contribution >= 0.6 is 15.9 Å². The van der Waals surface area contributed by atoms with Crippen LogP contribution in [0.1, 0.15) is 5.56 Å². The third-order valence-corrected chi connectivity index (χ3v) is 3.31. The number of hydrogen-bond donors (Lipinski definition) is 2. The number of aromatic hydroxyl groups is 1. The molecule has 90 valence electrons. The number of hydrogen-bond acceptors (Lipinski definition) is 3. The molecule has 5 heteroatoms. The van der Waals surface area contributed by atoms with Crippen molar-refractivity contribution in [1.82, 2.24) is 15.0 Å². The number of nitrogens with zero attached hydrogens (tertiary/aromatic N) is 2. The van der Waals surface area contributed by atoms with Crippen molar-refractivity contribution in [2.45, 2.75) is 6.92 Å². The number of aryl methyl sites for hydroxylation is 1. The standard InChI is InChI=1S/C13H10BrN3O/c1-7-4-5-15-13-11(7)16-12(17-13)9-6-8(14)2-3-10(9)18/h2-6,18H,1H3,(H,15,16,17). The van der Waals surface area contributed by atoms with Crippen molar-refractivity contribution in [3.63, 3.8) is 0 Å². The number of rotatable bonds is 1. The minimum atomic E-state index is 0.190. The molecular formula is C13H10BrN3O. The molecule has 0 aliphatic heterocycles. The van der Waals surface area contributed by atoms with Gasteiger partial charge in [0.25, 0.3) is 0 Å². The van der Waals surface area contributed by atoms with Crippen LogP contribution in [0, 0.1) is 6.92 Å². The van der Waals surface area contributed by atoms with E-state index < -0.39 is 0 Å². The summed E-state index contributed by atoms with van der Waals surface area (Å²) < 4.78 is 0.889. The first kappa shape index (κ1) is 11.2. The van der Waals surface area contributed by atoms with Gasteiger partial charge in [0.1, 0.15) is 11.6 Å². The topological polar surface area (TPSA) is 61.8 Å². The molecule has 2 aromatic heterocycles. The number of benzene rings is 1. The number of pyridine rings is 1. The van der Waals surface area contributed by atoms with Gasteiger partial charge in [-0.05, 0) is 36.8 Å². The molecule has 0 saturated carbocycles. The molecule has 0 unspecified atom stereocenters. The number of H-pyrrole nitrogens is 1. The van der Waals surface area contributed by atoms with E-state index in [1.807, 2.05) is 19.1 Å². The normalized spacial score (nSPS) is 11.0. The van der Waals surface area contributed by atoms with Crippen molar-refractivity contribution in [3.05, 3.63) is 40.5 Å². The Balaban J connectivity index is 2.26. The van der Waals surface area contributed by atoms with Crippen molar-refractivity contribution in [3.8, 4) is 17.1 Å². The highest BCUT2D eigenvalue weighted by molar-refractivity contribution is 9.10. The lowest BCUT2D eigenvalue weighted by Crippen LogP contribution is -1.82. The summed E-state index contributed by atoms with van der Waals surface area (Å²) in [6.45, 7) is 1.99. The smallest absolute Gasteiger partial charge is 0.178 e. The average Bonchev–Trinajstić information content (AvgIpc) is 2.77. The molecule has 0 spiro atoms. The third kappa shape index (κ3) is 1.76. The van der Waals surface area contributed by atoms with E-state index in [0.29, 0.717) is 17.0 Å². The molecule has 2 heterocycles. The first-order chi connectivity index (χ1) is 8.65. The van der Waals surface area contributed by atoms with E-state index in [-0.39, 0.29) is 5.75 Å². The molecule has 2 N–H and O–H groups in total. The van der Waals surface area contributed by atoms with Crippen LogP contribution in [0.3, 0.4) is 0 Å². The highest BCUT2D eigenvalue weighted by atomic mass is 79.9. The van der Waals surface area contributed by atoms with Crippen molar-refractivity contribution < 1.29 is 5.11 Å². The largest absolute Gasteiger partial charge is 0.507 e. The Labute approximate surface area is 112 Å². The SMILES string of the molecule is Cc1ccnc2nc(-c3cc(Br)ccc3O)[nH]c12. The second-order valence-corrected chi connectivity index (χ2v) is 4.99. The molecule has 0 aliphatic rings. The third-order valence-electron chi connectivity index (χ3n) is 2.81. The van der Waals surface area contributed by atoms with E-state index in [1.54, 1.807) is 18.3 Å². The van der Waals surface area contributed by atoms with Crippen molar-refractivity contribution >= 4 is 27.1 Å². The first-order valence-electron chi connectivity index (χ1n) is 5.45. The summed E-state index contributed by atoms with van der Waals surface area (Å²) in [6.07, 6.45) is 1.73. The molecule has 1 aromatic carbocycles. The maximum absolute atomic E-state index is 9.88. The highest BCUT2D eigenvalue weighted by Gasteiger charge is 2.11. The Bertz CT molecular complexity index is 736. The molecular weight excluding hydrogens is 294 g/mol. The van der Waals surface area contributed by atoms with E-state index in [2.05, 4.69) is 30.9 Å². The predicted octanol–water partition coefficient (Wildman–Crippen LogP) is 3.40. The number of fused-ring (bicyclic) bond motifs is 1. The Hall–Kier alpha value is -1.88. The second-order valence-electron chi connectivity index (χ2n) is 4.07. The molecule has 0 atom stereocenters. The first-order valence-corrected chi connectivity index (χ1v) is 6.24. The van der Waals surface area contributed by atoms with Gasteiger partial charge in [-0.25, -0.2) is 9.97 Å². The van der Waals surface area contributed by atoms with Gasteiger partial charge in [0.15, 0.2) is 5.65 Å². The predicted molar refractivity (Wildman–Crippen MR) is 73.4 cm³/mol. The van der Waals surface area contributed by atoms with Crippen molar-refractivity contribution in [2.75, 3.05) is 0 Å². The monoisotopic (exact) mass is 303 g/mol. The Kier molecular flexibility index (Phi) is 2.56. The van der Waals surface area contributed by atoms with Gasteiger partial charge in [-0.1, -0.05) is 15.9 Å². The minimum Gasteiger partial charge on any atom is -0.507 e. The van der Waals surface area contributed by atoms with Gasteiger partial charge in [-0.15, -0.1) is 0 Å². The fourth-order valence-electron chi connectivity index (χ4n) is 1.86. The van der Waals surface area contributed by atoms with Gasteiger partial charge < -0.3 is 10.1 Å². The summed E-state index contributed by atoms with van der Waals surface area (Å²) in [4.78, 5) is 11.8. The average molecular weight is 304 g/mol. The van der Waals surface area contributed by atoms with Gasteiger partial charge in [0.2, 0.25) is 0 Å². The number of imidazole rings is 1. The van der Waals surface area contributed by atoms with E-state index >= 15 is 0 Å². The van der Waals surface area contributed by atoms with Crippen LogP contribution in [0.5, 0.6) is 5.75 Å². The van der Waals surface area contributed by atoms with Gasteiger partial charge >= 0.3 is 0 Å². The fraction of sp³-hybridized carbons (Fsp3) is 0.0769. The van der Waals surface area contributed by atoms with Crippen LogP contribution in [0.25, 0.3) is 22.6 Å². The summed E-state index contributed by atoms with van der Waals surface area (Å²) in [5.74, 6) is 0.806. The molecule has 0 aliphatic carbocycles. The summed E-state index contributed by atoms with van der Waals surface area (Å²) in [7, 11) is 0. The lowest BCUT2D eigenvalue weighted by atomic mass is 10.2. The van der Waals surface area contributed by atoms with Crippen LogP contribution in [0.15, 0.2) is 34.9 Å². The molecule has 4 nitrogen and oxygen atoms in total. The second kappa shape index (κ2) is 4.10. The van der Waals surface area contributed by atoms with Crippen LogP contribution in [-0.2, 0) is 0 Å². The number of phenols is 1. The number of aromatic amines is 1. The number of phenolic OH excluding ortho intramolecular Hbond substituents is 1. The van der Waals surface area contributed by atoms with Gasteiger partial charge in [-0.3, -0.25) is 0 Å². The molecule has 0 saturated heterocycles. The molecule has 0 fully saturated rings. The summed E-state index contributed by atoms with van der Waals surface area (Å²) in [5, 5.41) is 9.88. The van der Waals surface area contributed by atoms with Crippen molar-refractivity contribution in [2.24, 2.45) is 0 Å². The van der Waals surface area contributed by atoms with Crippen LogP contribution in [0.4, 0.5) is 0 Å². The van der Waals surface area contributed by atoms with E-state index in [4.69, 9.17) is 0 Å². The quantitative estimate of drug-likeness (QED) is 0.724. The molecule has 0 amide bonds. The maximum Gasteiger partial charge on any atom is 0.178 e. The molecule has 3 aromatic rings. The summed E-state index contributed by atoms with van der Waals surface area (Å²) in [5.41, 5.74) is 3.28. The Morgan fingerprint density at radius 1 is 1.28 bits per heavy atom. The number of aromatic nitrogens is 3. The molecule has 0 bridgehead atoms. The zero-order chi connectivity index (χ0) is 12.7. The Morgan fingerprint density at radius 2 is 2.11 bits per heavy atom. The van der Waals surface area contributed by atoms with E-state index in [0.717, 1.165) is 15.6 Å². The zero-order valence-corrected chi connectivity index (χ0v) is 11.2. The number of halogens is 1. The van der Waals surface area contributed by atoms with Gasteiger partial charge in [0.05, 0.1) is 11.1 Å². The lowest BCUT2D eigenvalue weighted by molar-refractivity contribution is 0.477. The summed E-state index contributed by atoms with van der Waals surface area (Å²) >= 11 is 3.38. The van der Waals surface area contributed by atoms with Crippen LogP contribution in [0.2, 0.25) is 0 Å². The maximum atomic E-state index is 9.88. The number of nitrogens with one attached hydrogen (secondary N) is 1. The fourth-order valence-corrected chi connectivity index (χ4v) is 2.22. The Morgan fingerprint density at radius 3 is 2.89 bits per heavy atom. The van der Waals surface area contributed by atoms with Crippen LogP contribution < -0.4 is 0 Å². The van der Waals surface area contributed by atoms with E-state index in [1.165, 1.54) is 0 Å². The van der Waals surface area contributed by atoms with Crippen LogP contribution in [-0.4, -0.2) is 20.1 Å². The highest BCUT2D eigenvalue weighted by Crippen LogP contribution is 2.31. The molecule has 18 heavy (non-hydrogen) atoms. The lowest BCUT2D eigenvalue weighted by Gasteiger charge is -2.01. The van der Waals surface area contributed by atoms with Crippen molar-refractivity contribution in [1.29, 1.82) is 0 Å². The molecule has 3 rings (SSSR count). The van der Waals surface area contributed by atoms with Gasteiger partial charge in [0, 0.05) is 10.7 Å². The molecule has 0 radical (unpaired) electrons. The van der Waals surface area contributed by atoms with E-state index in [9.17, 15) is 5.11 Å². The minimum absolute atomic E-state index is 0.190.